The molecule has 0 heterocycles. The van der Waals surface area contributed by atoms with Gasteiger partial charge >= 0.3 is 21.0 Å². The first-order valence-electron chi connectivity index (χ1n) is 0.561. The molecule has 1 nitrogen and oxygen atoms in total. The molecule has 0 aromatic rings. The van der Waals surface area contributed by atoms with Crippen LogP contribution in [0.4, 0.5) is 4.39 Å². The molecule has 0 N–H and O–H groups in total. The number of hydrogen-bond acceptors (Lipinski definition) is 1. The maximum atomic E-state index is 9.50. The fraction of sp³-hybridized carbons (Fsp3) is 1.00. The van der Waals surface area contributed by atoms with Gasteiger partial charge in [-0.1, -0.05) is 0 Å². The fourth-order valence-corrected chi connectivity index (χ4v) is 0. The van der Waals surface area contributed by atoms with Gasteiger partial charge in [0.1, 0.15) is 0 Å². The molecule has 1 radical (unpaired) electrons. The molecule has 0 aromatic carbocycles. The Morgan fingerprint density at radius 2 is 1.40 bits per heavy atom. The molecule has 0 unspecified atom stereocenters. The van der Waals surface area contributed by atoms with Crippen molar-refractivity contribution in [3.05, 3.63) is 0 Å². The van der Waals surface area contributed by atoms with E-state index in [-0.39, 0.29) is 22.4 Å². The summed E-state index contributed by atoms with van der Waals surface area (Å²) in [6.45, 7) is 0. The molecule has 0 aromatic heterocycles. The van der Waals surface area contributed by atoms with Crippen LogP contribution in [0.5, 0.6) is 0 Å². The van der Waals surface area contributed by atoms with Crippen LogP contribution in [-0.2, 0) is 43.4 Å². The van der Waals surface area contributed by atoms with Crippen molar-refractivity contribution in [3.8, 4) is 0 Å². The first kappa shape index (κ1) is 16.6. The molecule has 0 amide bonds. The van der Waals surface area contributed by atoms with Gasteiger partial charge in [0.2, 0.25) is 0 Å². The molecular weight excluding hydrogens is 206 g/mol. The molecule has 0 aliphatic rings. The molecule has 0 bridgehead atoms. The van der Waals surface area contributed by atoms with E-state index in [2.05, 4.69) is 0 Å². The van der Waals surface area contributed by atoms with Crippen LogP contribution in [-0.4, -0.2) is 7.18 Å². The minimum atomic E-state index is 0. The van der Waals surface area contributed by atoms with Crippen molar-refractivity contribution < 1.29 is 47.8 Å². The normalized spacial score (nSPS) is 1.80. The third kappa shape index (κ3) is 42.4. The summed E-state index contributed by atoms with van der Waals surface area (Å²) in [5, 5.41) is 0. The van der Waals surface area contributed by atoms with Crippen molar-refractivity contribution in [2.45, 2.75) is 0 Å². The zero-order valence-corrected chi connectivity index (χ0v) is 5.41. The van der Waals surface area contributed by atoms with Gasteiger partial charge in [-0.05, 0) is 0 Å². The van der Waals surface area contributed by atoms with E-state index >= 15 is 0 Å². The molecule has 0 aliphatic carbocycles. The molecule has 0 spiro atoms. The summed E-state index contributed by atoms with van der Waals surface area (Å²) in [6, 6.07) is 0. The Morgan fingerprint density at radius 1 is 1.40 bits per heavy atom. The van der Waals surface area contributed by atoms with Gasteiger partial charge in [0.05, 0.1) is 7.18 Å². The zero-order valence-electron chi connectivity index (χ0n) is 2.53. The minimum absolute atomic E-state index is 0. The predicted molar refractivity (Wildman–Crippen MR) is 7.72 cm³/mol. The van der Waals surface area contributed by atoms with Gasteiger partial charge in [-0.25, -0.2) is 0 Å². The van der Waals surface area contributed by atoms with E-state index in [1.807, 2.05) is 0 Å². The van der Waals surface area contributed by atoms with Gasteiger partial charge in [-0.2, -0.15) is 0 Å². The van der Waals surface area contributed by atoms with Crippen molar-refractivity contribution in [2.75, 3.05) is 7.18 Å². The van der Waals surface area contributed by atoms with Crippen molar-refractivity contribution in [1.82, 2.24) is 0 Å². The Bertz CT molecular complexity index is 11.6. The summed E-state index contributed by atoms with van der Waals surface area (Å²) in [7, 11) is 0.500. The van der Waals surface area contributed by atoms with Gasteiger partial charge in [0.15, 0.2) is 0 Å². The molecule has 0 fully saturated rings. The molecule has 4 heteroatoms. The summed E-state index contributed by atoms with van der Waals surface area (Å²) in [4.78, 5) is 0. The molecule has 36 valence electrons. The zero-order chi connectivity index (χ0) is 4.00. The topological polar surface area (TPSA) is 17.1 Å². The van der Waals surface area contributed by atoms with Crippen molar-refractivity contribution in [3.63, 3.8) is 0 Å². The number of halogens is 1. The molecule has 0 saturated heterocycles. The van der Waals surface area contributed by atoms with E-state index in [9.17, 15) is 4.39 Å². The van der Waals surface area contributed by atoms with Crippen LogP contribution in [0.15, 0.2) is 0 Å². The van der Waals surface area contributed by atoms with Crippen molar-refractivity contribution in [1.29, 1.82) is 0 Å². The van der Waals surface area contributed by atoms with Gasteiger partial charge in [0, 0.05) is 22.4 Å². The Morgan fingerprint density at radius 3 is 1.40 bits per heavy atom. The van der Waals surface area contributed by atoms with Crippen LogP contribution in [0.3, 0.4) is 0 Å². The standard InChI is InChI=1S/CH3F.Ag.O.V/c1-2;;;/h1H3;;;. The van der Waals surface area contributed by atoms with Gasteiger partial charge < -0.3 is 0 Å². The number of alkyl halides is 1. The predicted octanol–water partition coefficient (Wildman–Crippen LogP) is 0.462. The van der Waals surface area contributed by atoms with Crippen LogP contribution in [0.1, 0.15) is 0 Å². The van der Waals surface area contributed by atoms with E-state index in [0.29, 0.717) is 7.18 Å². The van der Waals surface area contributed by atoms with Gasteiger partial charge in [-0.15, -0.1) is 0 Å². The summed E-state index contributed by atoms with van der Waals surface area (Å²) in [6.07, 6.45) is 0. The molecule has 0 saturated carbocycles. The van der Waals surface area contributed by atoms with E-state index in [1.54, 1.807) is 0 Å². The molecule has 0 rings (SSSR count). The van der Waals surface area contributed by atoms with Crippen LogP contribution >= 0.6 is 0 Å². The van der Waals surface area contributed by atoms with E-state index in [4.69, 9.17) is 3.67 Å². The van der Waals surface area contributed by atoms with Gasteiger partial charge in [0.25, 0.3) is 0 Å². The summed E-state index contributed by atoms with van der Waals surface area (Å²) in [5.41, 5.74) is 0. The van der Waals surface area contributed by atoms with Gasteiger partial charge in [-0.3, -0.25) is 4.39 Å². The quantitative estimate of drug-likeness (QED) is 0.529. The van der Waals surface area contributed by atoms with Crippen LogP contribution < -0.4 is 0 Å². The van der Waals surface area contributed by atoms with Crippen LogP contribution in [0, 0.1) is 0 Å². The Kier molecular flexibility index (Phi) is 248. The summed E-state index contributed by atoms with van der Waals surface area (Å²) in [5.74, 6) is 0. The Hall–Kier alpha value is 1.05. The van der Waals surface area contributed by atoms with Crippen molar-refractivity contribution >= 4 is 0 Å². The third-order valence-corrected chi connectivity index (χ3v) is 0. The molecule has 0 aliphatic heterocycles. The Balaban J connectivity index is -0.0000000133. The van der Waals surface area contributed by atoms with Crippen LogP contribution in [0.25, 0.3) is 0 Å². The number of hydrogen-bond donors (Lipinski definition) is 0. The average molecular weight is 209 g/mol. The first-order valence-corrected chi connectivity index (χ1v) is 1.13. The fourth-order valence-electron chi connectivity index (χ4n) is 0. The monoisotopic (exact) mass is 208 g/mol. The summed E-state index contributed by atoms with van der Waals surface area (Å²) >= 11 is 1.06. The second-order valence-corrected chi connectivity index (χ2v) is 0. The summed E-state index contributed by atoms with van der Waals surface area (Å²) < 4.78 is 17.7. The Labute approximate surface area is 55.0 Å². The SMILES string of the molecule is CF.[Ag].[O]=[V]. The van der Waals surface area contributed by atoms with E-state index < -0.39 is 0 Å². The molecular formula is CH3AgFOV. The van der Waals surface area contributed by atoms with Crippen LogP contribution in [0.2, 0.25) is 0 Å². The maximum absolute atomic E-state index is 9.50. The first-order chi connectivity index (χ1) is 2.00. The average Bonchev–Trinajstić information content (AvgIpc) is 1.50. The van der Waals surface area contributed by atoms with E-state index in [0.717, 1.165) is 17.4 Å². The molecule has 0 atom stereocenters. The second-order valence-electron chi connectivity index (χ2n) is 0. The third-order valence-electron chi connectivity index (χ3n) is 0. The van der Waals surface area contributed by atoms with Crippen molar-refractivity contribution in [2.24, 2.45) is 0 Å². The number of rotatable bonds is 0. The van der Waals surface area contributed by atoms with E-state index in [1.165, 1.54) is 0 Å². The molecule has 5 heavy (non-hydrogen) atoms. The second kappa shape index (κ2) is 74.7.